The molecule has 7 rings (SSSR count). The fourth-order valence-corrected chi connectivity index (χ4v) is 8.73. The average molecular weight is 657 g/mol. The van der Waals surface area contributed by atoms with E-state index in [4.69, 9.17) is 34.8 Å². The number of hydrogen-bond donors (Lipinski definition) is 1. The zero-order chi connectivity index (χ0) is 27.7. The Morgan fingerprint density at radius 2 is 1.90 bits per heavy atom. The van der Waals surface area contributed by atoms with E-state index >= 15 is 0 Å². The van der Waals surface area contributed by atoms with Gasteiger partial charge in [-0.3, -0.25) is 9.48 Å². The maximum absolute atomic E-state index is 13.4. The largest absolute Gasteiger partial charge is 0.408 e. The van der Waals surface area contributed by atoms with E-state index in [-0.39, 0.29) is 27.7 Å². The van der Waals surface area contributed by atoms with Gasteiger partial charge in [0.05, 0.1) is 37.4 Å². The van der Waals surface area contributed by atoms with Gasteiger partial charge in [-0.2, -0.15) is 9.78 Å². The van der Waals surface area contributed by atoms with Gasteiger partial charge in [0.15, 0.2) is 10.8 Å². The first-order valence-electron chi connectivity index (χ1n) is 12.8. The first-order valence-corrected chi connectivity index (χ1v) is 14.8. The van der Waals surface area contributed by atoms with Crippen molar-refractivity contribution in [3.63, 3.8) is 0 Å². The van der Waals surface area contributed by atoms with E-state index in [1.807, 2.05) is 16.9 Å². The highest BCUT2D eigenvalue weighted by molar-refractivity contribution is 9.10. The van der Waals surface area contributed by atoms with Gasteiger partial charge in [-0.1, -0.05) is 40.9 Å². The number of carbonyl (C=O) groups excluding carboxylic acids is 1. The summed E-state index contributed by atoms with van der Waals surface area (Å²) in [5, 5.41) is 24.5. The molecule has 3 aromatic rings. The van der Waals surface area contributed by atoms with Crippen LogP contribution in [0.2, 0.25) is 15.1 Å². The van der Waals surface area contributed by atoms with Crippen LogP contribution in [0.4, 0.5) is 11.6 Å². The molecule has 4 saturated carbocycles. The summed E-state index contributed by atoms with van der Waals surface area (Å²) in [6.07, 6.45) is 7.83. The number of anilines is 1. The van der Waals surface area contributed by atoms with Crippen LogP contribution in [0.3, 0.4) is 0 Å². The Balaban J connectivity index is 1.20. The lowest BCUT2D eigenvalue weighted by molar-refractivity contribution is -0.389. The Morgan fingerprint density at radius 3 is 2.54 bits per heavy atom. The number of nitrogens with one attached hydrogen (secondary N) is 1. The number of aromatic nitrogens is 4. The van der Waals surface area contributed by atoms with E-state index in [0.29, 0.717) is 50.8 Å². The molecule has 1 amide bonds. The molecule has 0 aliphatic heterocycles. The summed E-state index contributed by atoms with van der Waals surface area (Å²) in [6.45, 7) is 2.27. The zero-order valence-corrected chi connectivity index (χ0v) is 24.9. The molecule has 1 aromatic carbocycles. The van der Waals surface area contributed by atoms with Gasteiger partial charge >= 0.3 is 5.82 Å². The Labute approximate surface area is 248 Å². The fourth-order valence-electron chi connectivity index (χ4n) is 7.81. The summed E-state index contributed by atoms with van der Waals surface area (Å²) in [5.41, 5.74) is 1.02. The van der Waals surface area contributed by atoms with Gasteiger partial charge in [-0.25, -0.2) is 0 Å². The smallest absolute Gasteiger partial charge is 0.358 e. The Morgan fingerprint density at radius 1 is 1.18 bits per heavy atom. The number of benzene rings is 1. The number of halogens is 4. The third kappa shape index (κ3) is 4.87. The maximum Gasteiger partial charge on any atom is 0.408 e. The third-order valence-corrected chi connectivity index (χ3v) is 10.4. The van der Waals surface area contributed by atoms with Gasteiger partial charge in [0.25, 0.3) is 0 Å². The number of rotatable bonds is 7. The van der Waals surface area contributed by atoms with Crippen LogP contribution in [0.1, 0.15) is 56.2 Å². The topological polar surface area (TPSA) is 108 Å². The predicted octanol–water partition coefficient (Wildman–Crippen LogP) is 7.39. The van der Waals surface area contributed by atoms with E-state index in [9.17, 15) is 14.9 Å². The summed E-state index contributed by atoms with van der Waals surface area (Å²) in [6, 6.07) is 5.42. The van der Waals surface area contributed by atoms with Gasteiger partial charge in [0.2, 0.25) is 5.91 Å². The van der Waals surface area contributed by atoms with Gasteiger partial charge in [-0.15, -0.1) is 0 Å². The summed E-state index contributed by atoms with van der Waals surface area (Å²) in [5.74, 6) is 0.992. The second-order valence-electron chi connectivity index (χ2n) is 11.6. The van der Waals surface area contributed by atoms with Crippen molar-refractivity contribution in [1.82, 2.24) is 19.6 Å². The standard InChI is InChI=1S/C26H26BrCl3N6O3/c1-14-22(30)24(36(38)39)33-35(14)26-8-16-4-17(9-26)7-25(6-16,13-26)10-21(37)31-23-18(27)12-34(32-23)11-15-2-3-19(28)20(29)5-15/h2-3,5,12,16-17H,4,6-11,13H2,1H3,(H,31,32,37). The Hall–Kier alpha value is -2.14. The van der Waals surface area contributed by atoms with Crippen LogP contribution in [0.25, 0.3) is 0 Å². The van der Waals surface area contributed by atoms with Gasteiger partial charge in [-0.05, 0) is 101 Å². The van der Waals surface area contributed by atoms with Crippen molar-refractivity contribution in [2.75, 3.05) is 5.32 Å². The molecule has 2 unspecified atom stereocenters. The highest BCUT2D eigenvalue weighted by Crippen LogP contribution is 2.65. The van der Waals surface area contributed by atoms with E-state index in [1.54, 1.807) is 23.7 Å². The molecular weight excluding hydrogens is 631 g/mol. The monoisotopic (exact) mass is 654 g/mol. The Bertz CT molecular complexity index is 1490. The average Bonchev–Trinajstić information content (AvgIpc) is 3.33. The lowest BCUT2D eigenvalue weighted by atomic mass is 9.46. The minimum absolute atomic E-state index is 0.0891. The second-order valence-corrected chi connectivity index (χ2v) is 13.6. The number of amides is 1. The first-order chi connectivity index (χ1) is 18.5. The van der Waals surface area contributed by atoms with Gasteiger partial charge < -0.3 is 15.4 Å². The normalized spacial score (nSPS) is 27.2. The minimum atomic E-state index is -0.520. The molecule has 2 atom stereocenters. The van der Waals surface area contributed by atoms with E-state index in [2.05, 4.69) is 31.4 Å². The molecule has 2 heterocycles. The molecule has 4 aliphatic carbocycles. The van der Waals surface area contributed by atoms with E-state index in [1.165, 1.54) is 0 Å². The molecule has 0 spiro atoms. The Kier molecular flexibility index (Phi) is 6.76. The van der Waals surface area contributed by atoms with Crippen LogP contribution < -0.4 is 5.32 Å². The lowest BCUT2D eigenvalue weighted by Gasteiger charge is -2.61. The maximum atomic E-state index is 13.4. The molecule has 4 fully saturated rings. The van der Waals surface area contributed by atoms with Crippen molar-refractivity contribution in [1.29, 1.82) is 0 Å². The summed E-state index contributed by atoms with van der Waals surface area (Å²) in [4.78, 5) is 24.4. The molecule has 206 valence electrons. The minimum Gasteiger partial charge on any atom is -0.358 e. The molecule has 13 heteroatoms. The van der Waals surface area contributed by atoms with Crippen LogP contribution >= 0.6 is 50.7 Å². The quantitative estimate of drug-likeness (QED) is 0.211. The highest BCUT2D eigenvalue weighted by atomic mass is 79.9. The van der Waals surface area contributed by atoms with Crippen molar-refractivity contribution in [2.24, 2.45) is 17.3 Å². The molecule has 0 saturated heterocycles. The molecule has 39 heavy (non-hydrogen) atoms. The molecule has 2 aromatic heterocycles. The molecule has 1 N–H and O–H groups in total. The highest BCUT2D eigenvalue weighted by Gasteiger charge is 2.61. The number of carbonyl (C=O) groups is 1. The molecule has 4 aliphatic rings. The molecule has 4 bridgehead atoms. The molecule has 0 radical (unpaired) electrons. The van der Waals surface area contributed by atoms with Crippen molar-refractivity contribution < 1.29 is 9.72 Å². The van der Waals surface area contributed by atoms with Crippen LogP contribution in [-0.2, 0) is 16.9 Å². The number of nitro groups is 1. The van der Waals surface area contributed by atoms with Crippen molar-refractivity contribution in [3.8, 4) is 0 Å². The predicted molar refractivity (Wildman–Crippen MR) is 152 cm³/mol. The number of hydrogen-bond acceptors (Lipinski definition) is 5. The summed E-state index contributed by atoms with van der Waals surface area (Å²) >= 11 is 22.0. The SMILES string of the molecule is Cc1c(Cl)c([N+](=O)[O-])nn1C12CC3CC(CC(CC(=O)Nc4nn(Cc5ccc(Cl)c(Cl)c5)cc4Br)(C3)C1)C2. The molecule has 9 nitrogen and oxygen atoms in total. The first kappa shape index (κ1) is 27.1. The zero-order valence-electron chi connectivity index (χ0n) is 21.1. The van der Waals surface area contributed by atoms with Gasteiger partial charge in [0.1, 0.15) is 0 Å². The van der Waals surface area contributed by atoms with Crippen molar-refractivity contribution in [3.05, 3.63) is 65.3 Å². The second kappa shape index (κ2) is 9.75. The van der Waals surface area contributed by atoms with Gasteiger partial charge in [0, 0.05) is 12.6 Å². The van der Waals surface area contributed by atoms with Crippen LogP contribution in [0, 0.1) is 34.3 Å². The lowest BCUT2D eigenvalue weighted by Crippen LogP contribution is -2.57. The number of nitrogens with zero attached hydrogens (tertiary/aromatic N) is 5. The van der Waals surface area contributed by atoms with E-state index in [0.717, 1.165) is 44.1 Å². The third-order valence-electron chi connectivity index (χ3n) is 8.64. The molecular formula is C26H26BrCl3N6O3. The van der Waals surface area contributed by atoms with Crippen LogP contribution in [-0.4, -0.2) is 30.4 Å². The van der Waals surface area contributed by atoms with Crippen molar-refractivity contribution in [2.45, 2.75) is 64.0 Å². The summed E-state index contributed by atoms with van der Waals surface area (Å²) in [7, 11) is 0. The van der Waals surface area contributed by atoms with Crippen LogP contribution in [0.5, 0.6) is 0 Å². The van der Waals surface area contributed by atoms with E-state index < -0.39 is 4.92 Å². The fraction of sp³-hybridized carbons (Fsp3) is 0.500. The van der Waals surface area contributed by atoms with Crippen molar-refractivity contribution >= 4 is 68.3 Å². The van der Waals surface area contributed by atoms with Crippen LogP contribution in [0.15, 0.2) is 28.9 Å². The summed E-state index contributed by atoms with van der Waals surface area (Å²) < 4.78 is 4.24.